The number of ether oxygens (including phenoxy) is 1. The Labute approximate surface area is 136 Å². The first-order valence-corrected chi connectivity index (χ1v) is 9.63. The fourth-order valence-corrected chi connectivity index (χ4v) is 8.75. The van der Waals surface area contributed by atoms with Crippen LogP contribution in [0.3, 0.4) is 0 Å². The molecule has 3 heterocycles. The molecule has 0 unspecified atom stereocenters. The molecule has 3 saturated heterocycles. The van der Waals surface area contributed by atoms with Gasteiger partial charge in [0.15, 0.2) is 0 Å². The number of carbonyl (C=O) groups excluding carboxylic acids is 1. The van der Waals surface area contributed by atoms with Crippen molar-refractivity contribution in [2.24, 2.45) is 0 Å². The lowest BCUT2D eigenvalue weighted by Crippen LogP contribution is -2.48. The normalized spacial score (nSPS) is 45.7. The van der Waals surface area contributed by atoms with Crippen LogP contribution in [0.25, 0.3) is 0 Å². The summed E-state index contributed by atoms with van der Waals surface area (Å²) in [7, 11) is -1.78. The van der Waals surface area contributed by atoms with Crippen molar-refractivity contribution in [1.29, 1.82) is 0 Å². The molecule has 0 spiro atoms. The summed E-state index contributed by atoms with van der Waals surface area (Å²) in [6.45, 7) is 17.2. The molecule has 5 heteroatoms. The molecule has 3 aliphatic rings. The Bertz CT molecular complexity index is 474. The average molecular weight is 330 g/mol. The molecule has 3 rings (SSSR count). The topological polar surface area (TPSA) is 44.8 Å². The lowest BCUT2D eigenvalue weighted by atomic mass is 9.93. The number of fused-ring (bicyclic) bond motifs is 5. The van der Waals surface area contributed by atoms with Crippen LogP contribution in [0, 0.1) is 0 Å². The number of ketones is 1. The van der Waals surface area contributed by atoms with Crippen LogP contribution in [0.2, 0.25) is 0 Å². The van der Waals surface area contributed by atoms with Gasteiger partial charge in [0.25, 0.3) is 0 Å². The van der Waals surface area contributed by atoms with Crippen LogP contribution in [0.4, 0.5) is 0 Å². The van der Waals surface area contributed by atoms with E-state index < -0.39 is 21.8 Å². The van der Waals surface area contributed by atoms with E-state index in [4.69, 9.17) is 13.1 Å². The number of carbonyl (C=O) groups is 1. The van der Waals surface area contributed by atoms with Gasteiger partial charge in [0.05, 0.1) is 9.49 Å². The number of rotatable bonds is 0. The van der Waals surface area contributed by atoms with Crippen LogP contribution in [0.5, 0.6) is 0 Å². The van der Waals surface area contributed by atoms with Crippen LogP contribution in [0.15, 0.2) is 0 Å². The second-order valence-corrected chi connectivity index (χ2v) is 13.2. The summed E-state index contributed by atoms with van der Waals surface area (Å²) < 4.78 is 19.5. The second-order valence-electron chi connectivity index (χ2n) is 9.38. The van der Waals surface area contributed by atoms with Gasteiger partial charge < -0.3 is 4.74 Å². The quantitative estimate of drug-likeness (QED) is 0.675. The molecule has 0 aromatic heterocycles. The smallest absolute Gasteiger partial charge is 0.142 e. The Balaban J connectivity index is 2.07. The van der Waals surface area contributed by atoms with Crippen LogP contribution in [0.1, 0.15) is 68.2 Å². The third-order valence-corrected chi connectivity index (χ3v) is 9.31. The Hall–Kier alpha value is -0.100. The monoisotopic (exact) mass is 330 g/mol. The van der Waals surface area contributed by atoms with Crippen LogP contribution in [-0.2, 0) is 17.9 Å². The molecule has 2 bridgehead atoms. The maximum atomic E-state index is 12.1. The number of hydrogen-bond donors (Lipinski definition) is 0. The van der Waals surface area contributed by atoms with E-state index in [9.17, 15) is 4.79 Å². The zero-order valence-electron chi connectivity index (χ0n) is 15.1. The van der Waals surface area contributed by atoms with Gasteiger partial charge in [0.2, 0.25) is 0 Å². The summed E-state index contributed by atoms with van der Waals surface area (Å²) in [6.07, 6.45) is 0.545. The second kappa shape index (κ2) is 4.29. The minimum absolute atomic E-state index is 0.0966. The molecular weight excluding hydrogens is 300 g/mol. The van der Waals surface area contributed by atoms with Crippen LogP contribution in [-0.4, -0.2) is 38.7 Å². The lowest BCUT2D eigenvalue weighted by Gasteiger charge is -2.59. The summed E-state index contributed by atoms with van der Waals surface area (Å²) in [6, 6.07) is 0. The zero-order valence-corrected chi connectivity index (χ0v) is 15.9. The van der Waals surface area contributed by atoms with E-state index in [1.54, 1.807) is 0 Å². The van der Waals surface area contributed by atoms with Crippen LogP contribution < -0.4 is 0 Å². The maximum Gasteiger partial charge on any atom is 0.142 e. The largest absolute Gasteiger partial charge is 0.362 e. The van der Waals surface area contributed by atoms with Crippen molar-refractivity contribution in [3.05, 3.63) is 0 Å². The maximum absolute atomic E-state index is 12.1. The van der Waals surface area contributed by atoms with Gasteiger partial charge in [0.1, 0.15) is 29.2 Å². The van der Waals surface area contributed by atoms with Crippen molar-refractivity contribution in [2.75, 3.05) is 0 Å². The highest BCUT2D eigenvalue weighted by atomic mass is 32.3. The van der Waals surface area contributed by atoms with Crippen molar-refractivity contribution in [3.63, 3.8) is 0 Å². The summed E-state index contributed by atoms with van der Waals surface area (Å²) in [5.41, 5.74) is -1.11. The molecule has 0 radical (unpaired) electrons. The minimum atomic E-state index is -1.78. The van der Waals surface area contributed by atoms with Crippen molar-refractivity contribution >= 4 is 16.4 Å². The van der Waals surface area contributed by atoms with Gasteiger partial charge >= 0.3 is 0 Å². The first-order chi connectivity index (χ1) is 9.74. The average Bonchev–Trinajstić information content (AvgIpc) is 2.72. The van der Waals surface area contributed by atoms with Gasteiger partial charge in [-0.3, -0.25) is 13.2 Å². The van der Waals surface area contributed by atoms with E-state index >= 15 is 0 Å². The molecule has 4 nitrogen and oxygen atoms in total. The van der Waals surface area contributed by atoms with E-state index in [1.807, 2.05) is 13.8 Å². The summed E-state index contributed by atoms with van der Waals surface area (Å²) in [5, 5.41) is 0. The summed E-state index contributed by atoms with van der Waals surface area (Å²) in [5.74, 6) is 0.255. The van der Waals surface area contributed by atoms with Crippen LogP contribution >= 0.6 is 10.6 Å². The van der Waals surface area contributed by atoms with Crippen molar-refractivity contribution < 1.29 is 17.9 Å². The number of hydrogen-bond acceptors (Lipinski definition) is 4. The van der Waals surface area contributed by atoms with Gasteiger partial charge in [0, 0.05) is 12.8 Å². The standard InChI is InChI=1S/C17H30O4S/c1-14(2,3)22(15(4,5)6)19-12-13(20-22)17(8)10-11(18)9-16(12,7)21-17/h12-13H,9-10H2,1-8H3/t12-,13+,16+,17-. The van der Waals surface area contributed by atoms with E-state index in [0.717, 1.165) is 0 Å². The number of Topliss-reactive ketones (excluding diaryl/α,β-unsaturated/α-hetero) is 1. The van der Waals surface area contributed by atoms with E-state index in [1.165, 1.54) is 0 Å². The molecule has 0 N–H and O–H groups in total. The zero-order chi connectivity index (χ0) is 16.8. The predicted octanol–water partition coefficient (Wildman–Crippen LogP) is 3.91. The van der Waals surface area contributed by atoms with Crippen molar-refractivity contribution in [2.45, 2.75) is 101 Å². The van der Waals surface area contributed by atoms with Crippen molar-refractivity contribution in [1.82, 2.24) is 0 Å². The third-order valence-electron chi connectivity index (χ3n) is 5.13. The Kier molecular flexibility index (Phi) is 3.27. The molecule has 0 aliphatic carbocycles. The molecular formula is C17H30O4S. The fraction of sp³-hybridized carbons (Fsp3) is 0.941. The third kappa shape index (κ3) is 1.98. The van der Waals surface area contributed by atoms with Gasteiger partial charge in [-0.25, -0.2) is 0 Å². The van der Waals surface area contributed by atoms with Gasteiger partial charge in [-0.2, -0.15) is 10.6 Å². The van der Waals surface area contributed by atoms with E-state index in [0.29, 0.717) is 12.8 Å². The molecule has 0 saturated carbocycles. The summed E-state index contributed by atoms with van der Waals surface area (Å²) >= 11 is 0. The Morgan fingerprint density at radius 2 is 1.27 bits per heavy atom. The Morgan fingerprint density at radius 3 is 1.59 bits per heavy atom. The molecule has 4 atom stereocenters. The van der Waals surface area contributed by atoms with Gasteiger partial charge in [-0.15, -0.1) is 0 Å². The first-order valence-electron chi connectivity index (χ1n) is 8.15. The highest BCUT2D eigenvalue weighted by Crippen LogP contribution is 2.77. The SMILES string of the molecule is CC(C)(C)S1(C(C)(C)C)O[C@@H]2[C@H](O1)[C@@]1(C)CC(=O)C[C@]2(C)O1. The molecule has 3 fully saturated rings. The highest BCUT2D eigenvalue weighted by Gasteiger charge is 2.71. The Morgan fingerprint density at radius 1 is 0.909 bits per heavy atom. The molecule has 3 aliphatic heterocycles. The molecule has 0 amide bonds. The molecule has 0 aromatic carbocycles. The molecule has 128 valence electrons. The molecule has 0 aromatic rings. The highest BCUT2D eigenvalue weighted by molar-refractivity contribution is 8.28. The van der Waals surface area contributed by atoms with E-state index in [-0.39, 0.29) is 27.5 Å². The first kappa shape index (κ1) is 16.7. The van der Waals surface area contributed by atoms with E-state index in [2.05, 4.69) is 41.5 Å². The predicted molar refractivity (Wildman–Crippen MR) is 89.0 cm³/mol. The molecule has 22 heavy (non-hydrogen) atoms. The van der Waals surface area contributed by atoms with Gasteiger partial charge in [-0.1, -0.05) is 0 Å². The van der Waals surface area contributed by atoms with Crippen molar-refractivity contribution in [3.8, 4) is 0 Å². The lowest BCUT2D eigenvalue weighted by molar-refractivity contribution is -0.165. The minimum Gasteiger partial charge on any atom is -0.362 e. The fourth-order valence-electron chi connectivity index (χ4n) is 4.52. The summed E-state index contributed by atoms with van der Waals surface area (Å²) in [4.78, 5) is 12.1. The van der Waals surface area contributed by atoms with Gasteiger partial charge in [-0.05, 0) is 55.4 Å².